The summed E-state index contributed by atoms with van der Waals surface area (Å²) in [5, 5.41) is 21.8. The molecule has 0 atom stereocenters. The smallest absolute Gasteiger partial charge is 0.270 e. The molecule has 1 aromatic rings. The van der Waals surface area contributed by atoms with Crippen LogP contribution in [-0.4, -0.2) is 31.1 Å². The third kappa shape index (κ3) is 4.21. The van der Waals surface area contributed by atoms with Gasteiger partial charge in [0.1, 0.15) is 0 Å². The number of hydrogen-bond donors (Lipinski definition) is 0. The summed E-state index contributed by atoms with van der Waals surface area (Å²) in [6, 6.07) is 2.30. The molecule has 20 heavy (non-hydrogen) atoms. The van der Waals surface area contributed by atoms with Gasteiger partial charge in [-0.3, -0.25) is 24.4 Å². The molecule has 0 aromatic heterocycles. The van der Waals surface area contributed by atoms with E-state index < -0.39 is 31.3 Å². The summed E-state index contributed by atoms with van der Waals surface area (Å²) in [6.07, 6.45) is 0.676. The van der Waals surface area contributed by atoms with Gasteiger partial charge in [-0.05, 0) is 6.07 Å². The van der Waals surface area contributed by atoms with Crippen LogP contribution in [0.4, 0.5) is 11.4 Å². The Kier molecular flexibility index (Phi) is 5.14. The minimum atomic E-state index is -3.69. The van der Waals surface area contributed by atoms with Crippen molar-refractivity contribution >= 4 is 37.4 Å². The average Bonchev–Trinajstić information content (AvgIpc) is 2.28. The molecule has 0 unspecified atom stereocenters. The number of nitro groups is 2. The van der Waals surface area contributed by atoms with Gasteiger partial charge in [-0.25, -0.2) is 0 Å². The predicted octanol–water partition coefficient (Wildman–Crippen LogP) is 1.78. The van der Waals surface area contributed by atoms with Crippen LogP contribution >= 0.6 is 15.9 Å². The SMILES string of the molecule is CS(=O)(=O)OCCc1c(Br)ccc([N+](=O)[O-])c1[N+](=O)[O-]. The van der Waals surface area contributed by atoms with E-state index in [1.807, 2.05) is 0 Å². The lowest BCUT2D eigenvalue weighted by Crippen LogP contribution is -2.09. The van der Waals surface area contributed by atoms with E-state index in [4.69, 9.17) is 0 Å². The quantitative estimate of drug-likeness (QED) is 0.424. The molecule has 9 nitrogen and oxygen atoms in total. The first-order chi connectivity index (χ1) is 9.13. The topological polar surface area (TPSA) is 130 Å². The Morgan fingerprint density at radius 1 is 1.25 bits per heavy atom. The second-order valence-electron chi connectivity index (χ2n) is 3.68. The fourth-order valence-corrected chi connectivity index (χ4v) is 2.39. The molecule has 0 spiro atoms. The van der Waals surface area contributed by atoms with E-state index in [2.05, 4.69) is 20.1 Å². The Morgan fingerprint density at radius 2 is 1.85 bits per heavy atom. The zero-order valence-electron chi connectivity index (χ0n) is 10.1. The Morgan fingerprint density at radius 3 is 2.30 bits per heavy atom. The number of benzene rings is 1. The van der Waals surface area contributed by atoms with Crippen LogP contribution in [0.3, 0.4) is 0 Å². The highest BCUT2D eigenvalue weighted by Gasteiger charge is 2.30. The molecule has 0 aliphatic rings. The van der Waals surface area contributed by atoms with Crippen LogP contribution in [0.1, 0.15) is 5.56 Å². The molecule has 0 bridgehead atoms. The number of halogens is 1. The first-order valence-corrected chi connectivity index (χ1v) is 7.69. The normalized spacial score (nSPS) is 11.3. The van der Waals surface area contributed by atoms with Crippen molar-refractivity contribution in [3.8, 4) is 0 Å². The molecule has 1 aromatic carbocycles. The van der Waals surface area contributed by atoms with E-state index in [0.29, 0.717) is 0 Å². The Labute approximate surface area is 122 Å². The summed E-state index contributed by atoms with van der Waals surface area (Å²) in [4.78, 5) is 20.0. The van der Waals surface area contributed by atoms with E-state index in [1.165, 1.54) is 6.07 Å². The summed E-state index contributed by atoms with van der Waals surface area (Å²) in [5.74, 6) is 0. The Hall–Kier alpha value is -1.59. The maximum absolute atomic E-state index is 11.0. The first kappa shape index (κ1) is 16.5. The van der Waals surface area contributed by atoms with Gasteiger partial charge in [-0.1, -0.05) is 15.9 Å². The molecule has 0 fully saturated rings. The number of nitro benzene ring substituents is 2. The van der Waals surface area contributed by atoms with Gasteiger partial charge in [0.2, 0.25) is 0 Å². The zero-order valence-corrected chi connectivity index (χ0v) is 12.5. The lowest BCUT2D eigenvalue weighted by Gasteiger charge is -2.06. The van der Waals surface area contributed by atoms with Gasteiger partial charge in [-0.15, -0.1) is 0 Å². The van der Waals surface area contributed by atoms with Gasteiger partial charge in [0, 0.05) is 17.0 Å². The molecule has 0 heterocycles. The van der Waals surface area contributed by atoms with E-state index in [-0.39, 0.29) is 23.1 Å². The second kappa shape index (κ2) is 6.24. The van der Waals surface area contributed by atoms with Gasteiger partial charge in [0.25, 0.3) is 10.1 Å². The van der Waals surface area contributed by atoms with Crippen molar-refractivity contribution in [3.63, 3.8) is 0 Å². The van der Waals surface area contributed by atoms with Gasteiger partial charge < -0.3 is 0 Å². The molecular weight excluding hydrogens is 360 g/mol. The van der Waals surface area contributed by atoms with Crippen molar-refractivity contribution < 1.29 is 22.4 Å². The van der Waals surface area contributed by atoms with Gasteiger partial charge in [0.15, 0.2) is 0 Å². The average molecular weight is 369 g/mol. The van der Waals surface area contributed by atoms with Crippen molar-refractivity contribution in [3.05, 3.63) is 42.4 Å². The minimum absolute atomic E-state index is 0.00727. The summed E-state index contributed by atoms with van der Waals surface area (Å²) in [5.41, 5.74) is -1.33. The fraction of sp³-hybridized carbons (Fsp3) is 0.333. The van der Waals surface area contributed by atoms with E-state index in [0.717, 1.165) is 12.3 Å². The minimum Gasteiger partial charge on any atom is -0.270 e. The van der Waals surface area contributed by atoms with Crippen LogP contribution in [0.2, 0.25) is 0 Å². The lowest BCUT2D eigenvalue weighted by molar-refractivity contribution is -0.423. The number of rotatable bonds is 6. The van der Waals surface area contributed by atoms with Crippen molar-refractivity contribution in [2.45, 2.75) is 6.42 Å². The zero-order chi connectivity index (χ0) is 15.5. The molecule has 110 valence electrons. The Balaban J connectivity index is 3.20. The van der Waals surface area contributed by atoms with Crippen LogP contribution in [-0.2, 0) is 20.7 Å². The van der Waals surface area contributed by atoms with Crippen LogP contribution in [0, 0.1) is 20.2 Å². The van der Waals surface area contributed by atoms with Gasteiger partial charge in [-0.2, -0.15) is 8.42 Å². The largest absolute Gasteiger partial charge is 0.350 e. The monoisotopic (exact) mass is 368 g/mol. The standard InChI is InChI=1S/C9H9BrN2O7S/c1-20(17,18)19-5-4-6-7(10)2-3-8(11(13)14)9(6)12(15)16/h2-3H,4-5H2,1H3. The number of hydrogen-bond acceptors (Lipinski definition) is 7. The maximum atomic E-state index is 11.0. The van der Waals surface area contributed by atoms with E-state index >= 15 is 0 Å². The number of nitrogens with zero attached hydrogens (tertiary/aromatic N) is 2. The molecule has 0 saturated heterocycles. The van der Waals surface area contributed by atoms with Crippen LogP contribution in [0.5, 0.6) is 0 Å². The molecule has 0 N–H and O–H groups in total. The van der Waals surface area contributed by atoms with Crippen molar-refractivity contribution in [1.29, 1.82) is 0 Å². The highest BCUT2D eigenvalue weighted by atomic mass is 79.9. The van der Waals surface area contributed by atoms with E-state index in [1.54, 1.807) is 0 Å². The van der Waals surface area contributed by atoms with Crippen LogP contribution in [0.25, 0.3) is 0 Å². The van der Waals surface area contributed by atoms with Crippen LogP contribution < -0.4 is 0 Å². The molecule has 0 aliphatic heterocycles. The molecule has 1 rings (SSSR count). The van der Waals surface area contributed by atoms with Crippen molar-refractivity contribution in [2.24, 2.45) is 0 Å². The highest BCUT2D eigenvalue weighted by Crippen LogP contribution is 2.35. The molecular formula is C9H9BrN2O7S. The molecule has 11 heteroatoms. The summed E-state index contributed by atoms with van der Waals surface area (Å²) in [7, 11) is -3.69. The molecule has 0 aliphatic carbocycles. The van der Waals surface area contributed by atoms with Gasteiger partial charge in [0.05, 0.1) is 28.3 Å². The summed E-state index contributed by atoms with van der Waals surface area (Å²) in [6.45, 7) is -0.348. The first-order valence-electron chi connectivity index (χ1n) is 5.08. The fourth-order valence-electron chi connectivity index (χ4n) is 1.48. The third-order valence-electron chi connectivity index (χ3n) is 2.23. The molecule has 0 amide bonds. The van der Waals surface area contributed by atoms with Crippen molar-refractivity contribution in [2.75, 3.05) is 12.9 Å². The summed E-state index contributed by atoms with van der Waals surface area (Å²) < 4.78 is 26.4. The second-order valence-corrected chi connectivity index (χ2v) is 6.18. The van der Waals surface area contributed by atoms with Crippen LogP contribution in [0.15, 0.2) is 16.6 Å². The maximum Gasteiger partial charge on any atom is 0.350 e. The lowest BCUT2D eigenvalue weighted by atomic mass is 10.1. The van der Waals surface area contributed by atoms with Crippen molar-refractivity contribution in [1.82, 2.24) is 0 Å². The molecule has 0 radical (unpaired) electrons. The third-order valence-corrected chi connectivity index (χ3v) is 3.57. The summed E-state index contributed by atoms with van der Waals surface area (Å²) >= 11 is 3.05. The highest BCUT2D eigenvalue weighted by molar-refractivity contribution is 9.10. The van der Waals surface area contributed by atoms with Gasteiger partial charge >= 0.3 is 11.4 Å². The van der Waals surface area contributed by atoms with E-state index in [9.17, 15) is 28.6 Å². The molecule has 0 saturated carbocycles. The Bertz CT molecular complexity index is 659. The predicted molar refractivity (Wildman–Crippen MR) is 72.0 cm³/mol.